The lowest BCUT2D eigenvalue weighted by Crippen LogP contribution is -2.37. The first-order valence-corrected chi connectivity index (χ1v) is 8.57. The van der Waals surface area contributed by atoms with Crippen LogP contribution in [-0.2, 0) is 4.79 Å². The van der Waals surface area contributed by atoms with Gasteiger partial charge in [-0.15, -0.1) is 0 Å². The third-order valence-corrected chi connectivity index (χ3v) is 4.68. The highest BCUT2D eigenvalue weighted by atomic mass is 35.5. The maximum Gasteiger partial charge on any atom is 0.325 e. The molecule has 5 nitrogen and oxygen atoms in total. The Morgan fingerprint density at radius 1 is 1.12 bits per heavy atom. The van der Waals surface area contributed by atoms with Gasteiger partial charge in [-0.2, -0.15) is 0 Å². The summed E-state index contributed by atoms with van der Waals surface area (Å²) in [5.41, 5.74) is 2.32. The van der Waals surface area contributed by atoms with Gasteiger partial charge in [-0.25, -0.2) is 4.79 Å². The van der Waals surface area contributed by atoms with Crippen molar-refractivity contribution in [3.05, 3.63) is 58.1 Å². The van der Waals surface area contributed by atoms with E-state index < -0.39 is 0 Å². The number of rotatable bonds is 4. The lowest BCUT2D eigenvalue weighted by atomic mass is 10.2. The van der Waals surface area contributed by atoms with Crippen molar-refractivity contribution in [2.75, 3.05) is 29.9 Å². The molecule has 7 heteroatoms. The van der Waals surface area contributed by atoms with Crippen LogP contribution in [0.3, 0.4) is 0 Å². The molecule has 0 bridgehead atoms. The zero-order chi connectivity index (χ0) is 18.0. The molecule has 0 radical (unpaired) electrons. The molecule has 0 aliphatic carbocycles. The van der Waals surface area contributed by atoms with Crippen molar-refractivity contribution < 1.29 is 9.59 Å². The summed E-state index contributed by atoms with van der Waals surface area (Å²) < 4.78 is 0. The van der Waals surface area contributed by atoms with E-state index in [9.17, 15) is 9.59 Å². The minimum Gasteiger partial charge on any atom is -0.324 e. The fourth-order valence-electron chi connectivity index (χ4n) is 2.63. The SMILES string of the molecule is Cc1ccc(NC(=O)CN2CCN(c3ccc(Cl)cc3)C2=O)cc1Cl. The molecule has 1 saturated heterocycles. The van der Waals surface area contributed by atoms with Crippen LogP contribution in [0.5, 0.6) is 0 Å². The molecule has 3 amide bonds. The number of nitrogens with one attached hydrogen (secondary N) is 1. The van der Waals surface area contributed by atoms with Gasteiger partial charge in [-0.3, -0.25) is 9.69 Å². The summed E-state index contributed by atoms with van der Waals surface area (Å²) in [6, 6.07) is 12.2. The first-order valence-electron chi connectivity index (χ1n) is 7.82. The molecule has 0 saturated carbocycles. The first kappa shape index (κ1) is 17.6. The van der Waals surface area contributed by atoms with E-state index in [4.69, 9.17) is 23.2 Å². The number of hydrogen-bond donors (Lipinski definition) is 1. The Hall–Kier alpha value is -2.24. The van der Waals surface area contributed by atoms with E-state index in [1.807, 2.05) is 13.0 Å². The highest BCUT2D eigenvalue weighted by Gasteiger charge is 2.30. The van der Waals surface area contributed by atoms with Gasteiger partial charge >= 0.3 is 6.03 Å². The van der Waals surface area contributed by atoms with Crippen molar-refractivity contribution >= 4 is 46.5 Å². The molecule has 1 N–H and O–H groups in total. The summed E-state index contributed by atoms with van der Waals surface area (Å²) in [4.78, 5) is 27.9. The van der Waals surface area contributed by atoms with Gasteiger partial charge in [0.1, 0.15) is 6.54 Å². The Balaban J connectivity index is 1.61. The van der Waals surface area contributed by atoms with Crippen molar-refractivity contribution in [3.8, 4) is 0 Å². The van der Waals surface area contributed by atoms with Crippen molar-refractivity contribution in [1.82, 2.24) is 4.90 Å². The minimum atomic E-state index is -0.258. The van der Waals surface area contributed by atoms with Crippen molar-refractivity contribution in [2.45, 2.75) is 6.92 Å². The van der Waals surface area contributed by atoms with Gasteiger partial charge < -0.3 is 10.2 Å². The topological polar surface area (TPSA) is 52.7 Å². The number of amides is 3. The van der Waals surface area contributed by atoms with Crippen LogP contribution in [0, 0.1) is 6.92 Å². The normalized spacial score (nSPS) is 14.1. The largest absolute Gasteiger partial charge is 0.325 e. The predicted molar refractivity (Wildman–Crippen MR) is 101 cm³/mol. The molecule has 0 atom stereocenters. The maximum atomic E-state index is 12.5. The lowest BCUT2D eigenvalue weighted by molar-refractivity contribution is -0.116. The Morgan fingerprint density at radius 3 is 2.52 bits per heavy atom. The number of halogens is 2. The molecule has 25 heavy (non-hydrogen) atoms. The van der Waals surface area contributed by atoms with Crippen LogP contribution >= 0.6 is 23.2 Å². The standard InChI is InChI=1S/C18H17Cl2N3O2/c1-12-2-5-14(10-16(12)20)21-17(24)11-22-8-9-23(18(22)25)15-6-3-13(19)4-7-15/h2-7,10H,8-9,11H2,1H3,(H,21,24). The smallest absolute Gasteiger partial charge is 0.324 e. The molecule has 1 aliphatic heterocycles. The second-order valence-corrected chi connectivity index (χ2v) is 6.69. The van der Waals surface area contributed by atoms with Gasteiger partial charge in [0.15, 0.2) is 0 Å². The van der Waals surface area contributed by atoms with Crippen molar-refractivity contribution in [1.29, 1.82) is 0 Å². The van der Waals surface area contributed by atoms with E-state index in [1.54, 1.807) is 41.3 Å². The number of anilines is 2. The molecule has 0 spiro atoms. The van der Waals surface area contributed by atoms with Crippen LogP contribution in [-0.4, -0.2) is 36.5 Å². The lowest BCUT2D eigenvalue weighted by Gasteiger charge is -2.18. The van der Waals surface area contributed by atoms with Crippen LogP contribution in [0.15, 0.2) is 42.5 Å². The van der Waals surface area contributed by atoms with Gasteiger partial charge in [0.2, 0.25) is 5.91 Å². The predicted octanol–water partition coefficient (Wildman–Crippen LogP) is 4.18. The van der Waals surface area contributed by atoms with Gasteiger partial charge in [-0.05, 0) is 48.9 Å². The van der Waals surface area contributed by atoms with Crippen LogP contribution in [0.2, 0.25) is 10.0 Å². The third-order valence-electron chi connectivity index (χ3n) is 4.02. The van der Waals surface area contributed by atoms with E-state index in [1.165, 1.54) is 4.90 Å². The Kier molecular flexibility index (Phi) is 5.16. The number of benzene rings is 2. The molecule has 2 aromatic rings. The summed E-state index contributed by atoms with van der Waals surface area (Å²) in [7, 11) is 0. The van der Waals surface area contributed by atoms with Crippen LogP contribution in [0.4, 0.5) is 16.2 Å². The number of nitrogens with zero attached hydrogens (tertiary/aromatic N) is 2. The van der Waals surface area contributed by atoms with Gasteiger partial charge in [-0.1, -0.05) is 29.3 Å². The monoisotopic (exact) mass is 377 g/mol. The van der Waals surface area contributed by atoms with Crippen molar-refractivity contribution in [2.24, 2.45) is 0 Å². The maximum absolute atomic E-state index is 12.5. The number of hydrogen-bond acceptors (Lipinski definition) is 2. The quantitative estimate of drug-likeness (QED) is 0.868. The molecule has 130 valence electrons. The van der Waals surface area contributed by atoms with E-state index in [0.29, 0.717) is 28.8 Å². The van der Waals surface area contributed by atoms with E-state index in [-0.39, 0.29) is 18.5 Å². The zero-order valence-electron chi connectivity index (χ0n) is 13.6. The van der Waals surface area contributed by atoms with E-state index >= 15 is 0 Å². The molecule has 1 aliphatic rings. The minimum absolute atomic E-state index is 0.00554. The number of carbonyl (C=O) groups excluding carboxylic acids is 2. The average molecular weight is 378 g/mol. The molecule has 3 rings (SSSR count). The number of aryl methyl sites for hydroxylation is 1. The van der Waals surface area contributed by atoms with Crippen LogP contribution in [0.1, 0.15) is 5.56 Å². The number of carbonyl (C=O) groups is 2. The molecule has 1 heterocycles. The van der Waals surface area contributed by atoms with Crippen LogP contribution < -0.4 is 10.2 Å². The second-order valence-electron chi connectivity index (χ2n) is 5.84. The van der Waals surface area contributed by atoms with Gasteiger partial charge in [0, 0.05) is 34.5 Å². The molecule has 0 unspecified atom stereocenters. The molecule has 1 fully saturated rings. The van der Waals surface area contributed by atoms with Crippen LogP contribution in [0.25, 0.3) is 0 Å². The molecular formula is C18H17Cl2N3O2. The van der Waals surface area contributed by atoms with E-state index in [0.717, 1.165) is 11.3 Å². The third kappa shape index (κ3) is 4.06. The number of urea groups is 1. The van der Waals surface area contributed by atoms with Gasteiger partial charge in [0.05, 0.1) is 0 Å². The summed E-state index contributed by atoms with van der Waals surface area (Å²) in [5, 5.41) is 3.97. The fourth-order valence-corrected chi connectivity index (χ4v) is 2.94. The Morgan fingerprint density at radius 2 is 1.84 bits per heavy atom. The summed E-state index contributed by atoms with van der Waals surface area (Å²) >= 11 is 11.9. The molecule has 2 aromatic carbocycles. The molecule has 0 aromatic heterocycles. The summed E-state index contributed by atoms with van der Waals surface area (Å²) in [6.07, 6.45) is 0. The summed E-state index contributed by atoms with van der Waals surface area (Å²) in [5.74, 6) is -0.258. The first-order chi connectivity index (χ1) is 11.9. The van der Waals surface area contributed by atoms with E-state index in [2.05, 4.69) is 5.32 Å². The Bertz CT molecular complexity index is 808. The van der Waals surface area contributed by atoms with Gasteiger partial charge in [0.25, 0.3) is 0 Å². The summed E-state index contributed by atoms with van der Waals surface area (Å²) in [6.45, 7) is 2.91. The zero-order valence-corrected chi connectivity index (χ0v) is 15.1. The Labute approximate surface area is 156 Å². The molecular weight excluding hydrogens is 361 g/mol. The van der Waals surface area contributed by atoms with Crippen molar-refractivity contribution in [3.63, 3.8) is 0 Å². The average Bonchev–Trinajstić information content (AvgIpc) is 2.93. The second kappa shape index (κ2) is 7.33. The highest BCUT2D eigenvalue weighted by Crippen LogP contribution is 2.23. The highest BCUT2D eigenvalue weighted by molar-refractivity contribution is 6.31. The fraction of sp³-hybridized carbons (Fsp3) is 0.222.